The van der Waals surface area contributed by atoms with E-state index in [0.29, 0.717) is 24.1 Å². The first-order valence-corrected chi connectivity index (χ1v) is 8.66. The van der Waals surface area contributed by atoms with Crippen molar-refractivity contribution in [3.8, 4) is 11.3 Å². The van der Waals surface area contributed by atoms with Crippen molar-refractivity contribution in [1.29, 1.82) is 10.8 Å². The van der Waals surface area contributed by atoms with Crippen LogP contribution in [-0.4, -0.2) is 36.4 Å². The molecular formula is C20H24Cl2N6O2. The Morgan fingerprint density at radius 3 is 2.20 bits per heavy atom. The summed E-state index contributed by atoms with van der Waals surface area (Å²) in [6.45, 7) is 0.409. The number of hydrogen-bond donors (Lipinski definition) is 6. The van der Waals surface area contributed by atoms with Gasteiger partial charge in [-0.3, -0.25) is 10.8 Å². The van der Waals surface area contributed by atoms with Gasteiger partial charge < -0.3 is 26.5 Å². The zero-order valence-electron chi connectivity index (χ0n) is 16.2. The van der Waals surface area contributed by atoms with Crippen molar-refractivity contribution in [3.63, 3.8) is 0 Å². The largest absolute Gasteiger partial charge is 0.453 e. The van der Waals surface area contributed by atoms with Crippen molar-refractivity contribution in [1.82, 2.24) is 10.3 Å². The highest BCUT2D eigenvalue weighted by Crippen LogP contribution is 2.31. The van der Waals surface area contributed by atoms with Crippen molar-refractivity contribution in [2.24, 2.45) is 11.5 Å². The number of nitrogen functional groups attached to an aromatic ring is 2. The number of H-pyrrole nitrogens is 1. The number of hydrogen-bond acceptors (Lipinski definition) is 4. The van der Waals surface area contributed by atoms with Crippen LogP contribution >= 0.6 is 24.8 Å². The number of methoxy groups -OCH3 is 1. The molecule has 3 rings (SSSR count). The Kier molecular flexibility index (Phi) is 8.70. The average molecular weight is 451 g/mol. The molecule has 3 aromatic rings. The predicted octanol–water partition coefficient (Wildman–Crippen LogP) is 3.15. The van der Waals surface area contributed by atoms with Gasteiger partial charge in [-0.15, -0.1) is 24.8 Å². The number of nitrogens with one attached hydrogen (secondary N) is 4. The van der Waals surface area contributed by atoms with Crippen LogP contribution in [-0.2, 0) is 11.2 Å². The minimum Gasteiger partial charge on any atom is -0.453 e. The summed E-state index contributed by atoms with van der Waals surface area (Å²) >= 11 is 0. The highest BCUT2D eigenvalue weighted by Gasteiger charge is 2.15. The van der Waals surface area contributed by atoms with Crippen LogP contribution in [0.4, 0.5) is 4.79 Å². The second kappa shape index (κ2) is 10.5. The summed E-state index contributed by atoms with van der Waals surface area (Å²) < 4.78 is 4.62. The number of rotatable bonds is 6. The lowest BCUT2D eigenvalue weighted by molar-refractivity contribution is 0.171. The fourth-order valence-electron chi connectivity index (χ4n) is 3.11. The molecule has 0 radical (unpaired) electrons. The lowest BCUT2D eigenvalue weighted by Crippen LogP contribution is -2.25. The van der Waals surface area contributed by atoms with Crippen LogP contribution in [0.25, 0.3) is 22.2 Å². The van der Waals surface area contributed by atoms with Gasteiger partial charge in [-0.25, -0.2) is 4.79 Å². The molecule has 0 aliphatic rings. The highest BCUT2D eigenvalue weighted by atomic mass is 35.5. The van der Waals surface area contributed by atoms with Gasteiger partial charge in [-0.05, 0) is 23.6 Å². The normalized spacial score (nSPS) is 9.90. The molecule has 160 valence electrons. The summed E-state index contributed by atoms with van der Waals surface area (Å²) in [7, 11) is 1.33. The van der Waals surface area contributed by atoms with Gasteiger partial charge in [0.25, 0.3) is 0 Å². The summed E-state index contributed by atoms with van der Waals surface area (Å²) in [6, 6.07) is 12.9. The summed E-state index contributed by atoms with van der Waals surface area (Å²) in [6.07, 6.45) is 0.101. The monoisotopic (exact) mass is 450 g/mol. The lowest BCUT2D eigenvalue weighted by Gasteiger charge is -2.08. The molecule has 1 amide bonds. The highest BCUT2D eigenvalue weighted by molar-refractivity contribution is 6.01. The number of alkyl carbamates (subject to hydrolysis) is 1. The van der Waals surface area contributed by atoms with Crippen LogP contribution in [0.1, 0.15) is 16.7 Å². The number of ether oxygens (including phenoxy) is 1. The molecule has 30 heavy (non-hydrogen) atoms. The first kappa shape index (κ1) is 24.8. The number of halogens is 2. The van der Waals surface area contributed by atoms with Crippen LogP contribution in [0.5, 0.6) is 0 Å². The third-order valence-corrected chi connectivity index (χ3v) is 4.53. The van der Waals surface area contributed by atoms with Crippen molar-refractivity contribution in [2.75, 3.05) is 13.7 Å². The molecule has 1 heterocycles. The van der Waals surface area contributed by atoms with E-state index >= 15 is 0 Å². The van der Waals surface area contributed by atoms with Gasteiger partial charge in [0.2, 0.25) is 0 Å². The Labute approximate surface area is 186 Å². The maximum atomic E-state index is 11.4. The average Bonchev–Trinajstić information content (AvgIpc) is 3.05. The zero-order chi connectivity index (χ0) is 20.3. The number of nitrogens with two attached hydrogens (primary N) is 2. The fourth-order valence-corrected chi connectivity index (χ4v) is 3.11. The van der Waals surface area contributed by atoms with Gasteiger partial charge in [-0.1, -0.05) is 36.4 Å². The number of fused-ring (bicyclic) bond motifs is 1. The Balaban J connectivity index is 0.00000225. The number of amidine groups is 2. The molecule has 8 N–H and O–H groups in total. The number of amides is 1. The van der Waals surface area contributed by atoms with Crippen LogP contribution < -0.4 is 16.8 Å². The molecule has 0 fully saturated rings. The third kappa shape index (κ3) is 5.22. The number of aromatic nitrogens is 1. The van der Waals surface area contributed by atoms with Gasteiger partial charge in [0.05, 0.1) is 7.11 Å². The van der Waals surface area contributed by atoms with Gasteiger partial charge >= 0.3 is 6.09 Å². The van der Waals surface area contributed by atoms with E-state index in [4.69, 9.17) is 22.3 Å². The molecule has 0 spiro atoms. The van der Waals surface area contributed by atoms with E-state index < -0.39 is 6.09 Å². The molecule has 0 unspecified atom stereocenters. The SMILES string of the molecule is COC(=O)NCCc1c(-c2ccc(C(=N)N)cc2)[nH]c2cc(C(=N)N)ccc12.Cl.Cl. The van der Waals surface area contributed by atoms with E-state index in [1.165, 1.54) is 7.11 Å². The molecule has 0 aliphatic heterocycles. The van der Waals surface area contributed by atoms with Crippen molar-refractivity contribution < 1.29 is 9.53 Å². The molecule has 0 bridgehead atoms. The van der Waals surface area contributed by atoms with Gasteiger partial charge in [0.15, 0.2) is 0 Å². The van der Waals surface area contributed by atoms with Crippen LogP contribution in [0.15, 0.2) is 42.5 Å². The first-order valence-electron chi connectivity index (χ1n) is 8.66. The molecule has 0 atom stereocenters. The maximum absolute atomic E-state index is 11.4. The minimum absolute atomic E-state index is 0. The standard InChI is InChI=1S/C20H22N6O2.2ClH/c1-28-20(27)25-9-8-15-14-7-6-13(19(23)24)10-16(14)26-17(15)11-2-4-12(5-3-11)18(21)22;;/h2-7,10,26H,8-9H2,1H3,(H3,21,22)(H3,23,24)(H,25,27);2*1H. The van der Waals surface area contributed by atoms with E-state index in [2.05, 4.69) is 15.0 Å². The summed E-state index contributed by atoms with van der Waals surface area (Å²) in [5.41, 5.74) is 16.1. The van der Waals surface area contributed by atoms with Crippen molar-refractivity contribution in [3.05, 3.63) is 59.2 Å². The number of aromatic amines is 1. The van der Waals surface area contributed by atoms with Gasteiger partial charge in [0, 0.05) is 34.3 Å². The molecule has 10 heteroatoms. The molecule has 0 saturated heterocycles. The van der Waals surface area contributed by atoms with E-state index in [9.17, 15) is 4.79 Å². The summed E-state index contributed by atoms with van der Waals surface area (Å²) in [5, 5.41) is 18.9. The molecule has 0 saturated carbocycles. The lowest BCUT2D eigenvalue weighted by atomic mass is 10.0. The number of carbonyl (C=O) groups excluding carboxylic acids is 1. The zero-order valence-corrected chi connectivity index (χ0v) is 17.9. The summed E-state index contributed by atoms with van der Waals surface area (Å²) in [4.78, 5) is 14.8. The molecule has 2 aromatic carbocycles. The van der Waals surface area contributed by atoms with E-state index in [1.807, 2.05) is 24.3 Å². The van der Waals surface area contributed by atoms with E-state index in [1.54, 1.807) is 18.2 Å². The van der Waals surface area contributed by atoms with Crippen molar-refractivity contribution in [2.45, 2.75) is 6.42 Å². The smallest absolute Gasteiger partial charge is 0.406 e. The molecule has 8 nitrogen and oxygen atoms in total. The molecule has 0 aliphatic carbocycles. The minimum atomic E-state index is -0.480. The first-order chi connectivity index (χ1) is 13.4. The Bertz CT molecular complexity index is 1060. The molecular weight excluding hydrogens is 427 g/mol. The van der Waals surface area contributed by atoms with E-state index in [-0.39, 0.29) is 36.5 Å². The fraction of sp³-hybridized carbons (Fsp3) is 0.150. The Morgan fingerprint density at radius 2 is 1.63 bits per heavy atom. The third-order valence-electron chi connectivity index (χ3n) is 4.53. The topological polar surface area (TPSA) is 154 Å². The molecule has 1 aromatic heterocycles. The Morgan fingerprint density at radius 1 is 1.03 bits per heavy atom. The van der Waals surface area contributed by atoms with Crippen molar-refractivity contribution >= 4 is 53.5 Å². The van der Waals surface area contributed by atoms with Gasteiger partial charge in [0.1, 0.15) is 11.7 Å². The van der Waals surface area contributed by atoms with Crippen LogP contribution in [0.3, 0.4) is 0 Å². The number of benzene rings is 2. The predicted molar refractivity (Wildman–Crippen MR) is 124 cm³/mol. The Hall–Kier alpha value is -3.23. The van der Waals surface area contributed by atoms with Gasteiger partial charge in [-0.2, -0.15) is 0 Å². The van der Waals surface area contributed by atoms with Crippen LogP contribution in [0.2, 0.25) is 0 Å². The second-order valence-corrected chi connectivity index (χ2v) is 6.31. The number of carbonyl (C=O) groups is 1. The summed E-state index contributed by atoms with van der Waals surface area (Å²) in [5.74, 6) is 0.00886. The quantitative estimate of drug-likeness (QED) is 0.252. The van der Waals surface area contributed by atoms with Crippen LogP contribution in [0, 0.1) is 10.8 Å². The van der Waals surface area contributed by atoms with E-state index in [0.717, 1.165) is 27.7 Å². The maximum Gasteiger partial charge on any atom is 0.406 e. The second-order valence-electron chi connectivity index (χ2n) is 6.31.